The molecule has 124 valence electrons. The van der Waals surface area contributed by atoms with Crippen LogP contribution in [-0.2, 0) is 16.1 Å². The van der Waals surface area contributed by atoms with Crippen LogP contribution in [0.4, 0.5) is 10.1 Å². The Labute approximate surface area is 142 Å². The highest BCUT2D eigenvalue weighted by atomic mass is 35.5. The second-order valence-corrected chi connectivity index (χ2v) is 5.98. The average molecular weight is 349 g/mol. The molecule has 0 aliphatic carbocycles. The number of rotatable bonds is 3. The van der Waals surface area contributed by atoms with E-state index in [0.29, 0.717) is 22.0 Å². The van der Waals surface area contributed by atoms with Crippen LogP contribution >= 0.6 is 11.6 Å². The number of amides is 2. The van der Waals surface area contributed by atoms with Crippen LogP contribution < -0.4 is 15.4 Å². The molecule has 0 saturated carbocycles. The molecule has 2 N–H and O–H groups in total. The summed E-state index contributed by atoms with van der Waals surface area (Å²) >= 11 is 5.87. The van der Waals surface area contributed by atoms with Crippen molar-refractivity contribution in [3.8, 4) is 5.75 Å². The number of fused-ring (bicyclic) bond motifs is 1. The van der Waals surface area contributed by atoms with Crippen molar-refractivity contribution >= 4 is 29.1 Å². The maximum Gasteiger partial charge on any atom is 0.278 e. The first-order valence-corrected chi connectivity index (χ1v) is 7.59. The Morgan fingerprint density at radius 3 is 2.71 bits per heavy atom. The van der Waals surface area contributed by atoms with Crippen LogP contribution in [0.25, 0.3) is 0 Å². The summed E-state index contributed by atoms with van der Waals surface area (Å²) in [7, 11) is 0. The average Bonchev–Trinajstić information content (AvgIpc) is 2.55. The van der Waals surface area contributed by atoms with Crippen molar-refractivity contribution in [1.82, 2.24) is 5.32 Å². The molecule has 2 aromatic rings. The molecular weight excluding hydrogens is 335 g/mol. The highest BCUT2D eigenvalue weighted by molar-refractivity contribution is 6.31. The van der Waals surface area contributed by atoms with Gasteiger partial charge in [-0.25, -0.2) is 4.39 Å². The Hall–Kier alpha value is -2.60. The quantitative estimate of drug-likeness (QED) is 0.838. The number of ether oxygens (including phenoxy) is 1. The van der Waals surface area contributed by atoms with E-state index in [0.717, 1.165) is 0 Å². The third kappa shape index (κ3) is 3.05. The number of anilines is 1. The zero-order valence-corrected chi connectivity index (χ0v) is 13.5. The van der Waals surface area contributed by atoms with Gasteiger partial charge in [-0.2, -0.15) is 0 Å². The van der Waals surface area contributed by atoms with E-state index in [1.54, 1.807) is 30.3 Å². The third-order valence-corrected chi connectivity index (χ3v) is 3.97. The van der Waals surface area contributed by atoms with Gasteiger partial charge >= 0.3 is 0 Å². The molecule has 0 aromatic heterocycles. The van der Waals surface area contributed by atoms with Gasteiger partial charge in [0.2, 0.25) is 0 Å². The van der Waals surface area contributed by atoms with Crippen LogP contribution in [0, 0.1) is 5.82 Å². The topological polar surface area (TPSA) is 67.4 Å². The molecule has 0 radical (unpaired) electrons. The molecule has 2 aromatic carbocycles. The summed E-state index contributed by atoms with van der Waals surface area (Å²) in [5.74, 6) is -1.18. The van der Waals surface area contributed by atoms with Crippen molar-refractivity contribution in [3.63, 3.8) is 0 Å². The van der Waals surface area contributed by atoms with Crippen molar-refractivity contribution in [3.05, 3.63) is 58.9 Å². The lowest BCUT2D eigenvalue weighted by Crippen LogP contribution is -2.58. The minimum atomic E-state index is -1.71. The second-order valence-electron chi connectivity index (χ2n) is 5.54. The van der Waals surface area contributed by atoms with Gasteiger partial charge in [0.1, 0.15) is 11.6 Å². The van der Waals surface area contributed by atoms with Crippen molar-refractivity contribution in [1.29, 1.82) is 0 Å². The molecule has 7 heteroatoms. The Morgan fingerprint density at radius 2 is 2.00 bits per heavy atom. The van der Waals surface area contributed by atoms with Crippen LogP contribution in [0.1, 0.15) is 12.5 Å². The van der Waals surface area contributed by atoms with Crippen LogP contribution in [-0.4, -0.2) is 17.4 Å². The lowest BCUT2D eigenvalue weighted by atomic mass is 10.0. The van der Waals surface area contributed by atoms with E-state index in [9.17, 15) is 14.0 Å². The summed E-state index contributed by atoms with van der Waals surface area (Å²) in [4.78, 5) is 24.7. The molecule has 3 rings (SSSR count). The predicted molar refractivity (Wildman–Crippen MR) is 87.4 cm³/mol. The van der Waals surface area contributed by atoms with E-state index in [-0.39, 0.29) is 12.4 Å². The maximum absolute atomic E-state index is 12.9. The molecule has 1 atom stereocenters. The molecule has 0 spiro atoms. The van der Waals surface area contributed by atoms with Crippen molar-refractivity contribution in [2.75, 3.05) is 5.32 Å². The van der Waals surface area contributed by atoms with Crippen LogP contribution in [0.2, 0.25) is 5.02 Å². The number of carbonyl (C=O) groups is 2. The summed E-state index contributed by atoms with van der Waals surface area (Å²) in [5, 5.41) is 5.69. The molecule has 1 aliphatic rings. The Morgan fingerprint density at radius 1 is 1.29 bits per heavy atom. The van der Waals surface area contributed by atoms with Crippen LogP contribution in [0.15, 0.2) is 42.5 Å². The first-order valence-electron chi connectivity index (χ1n) is 7.21. The van der Waals surface area contributed by atoms with Gasteiger partial charge < -0.3 is 15.4 Å². The zero-order valence-electron chi connectivity index (χ0n) is 12.7. The highest BCUT2D eigenvalue weighted by Gasteiger charge is 2.47. The van der Waals surface area contributed by atoms with E-state index in [1.165, 1.54) is 19.1 Å². The summed E-state index contributed by atoms with van der Waals surface area (Å²) in [6.07, 6.45) is 0. The van der Waals surface area contributed by atoms with Gasteiger partial charge in [0.15, 0.2) is 0 Å². The number of hydrogen-bond acceptors (Lipinski definition) is 3. The Bertz CT molecular complexity index is 810. The SMILES string of the molecule is C[C@@]1(C(=O)NCc2ccc(F)cc2)Oc2ccc(Cl)cc2NC1=O. The minimum absolute atomic E-state index is 0.152. The van der Waals surface area contributed by atoms with E-state index in [4.69, 9.17) is 16.3 Å². The minimum Gasteiger partial charge on any atom is -0.466 e. The Balaban J connectivity index is 1.74. The fourth-order valence-electron chi connectivity index (χ4n) is 2.30. The predicted octanol–water partition coefficient (Wildman–Crippen LogP) is 2.89. The lowest BCUT2D eigenvalue weighted by Gasteiger charge is -2.33. The van der Waals surface area contributed by atoms with E-state index < -0.39 is 17.4 Å². The highest BCUT2D eigenvalue weighted by Crippen LogP contribution is 2.35. The first-order chi connectivity index (χ1) is 11.4. The molecule has 0 bridgehead atoms. The lowest BCUT2D eigenvalue weighted by molar-refractivity contribution is -0.146. The number of carbonyl (C=O) groups excluding carboxylic acids is 2. The van der Waals surface area contributed by atoms with Gasteiger partial charge in [0, 0.05) is 11.6 Å². The van der Waals surface area contributed by atoms with Gasteiger partial charge in [-0.1, -0.05) is 23.7 Å². The maximum atomic E-state index is 12.9. The van der Waals surface area contributed by atoms with Gasteiger partial charge in [0.25, 0.3) is 17.4 Å². The van der Waals surface area contributed by atoms with Crippen molar-refractivity contribution < 1.29 is 18.7 Å². The summed E-state index contributed by atoms with van der Waals surface area (Å²) in [5.41, 5.74) is -0.589. The fourth-order valence-corrected chi connectivity index (χ4v) is 2.47. The summed E-state index contributed by atoms with van der Waals surface area (Å²) in [6.45, 7) is 1.54. The van der Waals surface area contributed by atoms with E-state index >= 15 is 0 Å². The van der Waals surface area contributed by atoms with Gasteiger partial charge in [-0.3, -0.25) is 9.59 Å². The Kier molecular flexibility index (Phi) is 4.15. The molecule has 0 unspecified atom stereocenters. The molecule has 0 fully saturated rings. The largest absolute Gasteiger partial charge is 0.466 e. The summed E-state index contributed by atoms with van der Waals surface area (Å²) in [6, 6.07) is 10.4. The monoisotopic (exact) mass is 348 g/mol. The molecule has 24 heavy (non-hydrogen) atoms. The molecular formula is C17H14ClFN2O3. The first kappa shape index (κ1) is 16.3. The second kappa shape index (κ2) is 6.13. The van der Waals surface area contributed by atoms with Crippen LogP contribution in [0.3, 0.4) is 0 Å². The van der Waals surface area contributed by atoms with Gasteiger partial charge in [0.05, 0.1) is 5.69 Å². The number of benzene rings is 2. The molecule has 2 amide bonds. The van der Waals surface area contributed by atoms with Crippen molar-refractivity contribution in [2.24, 2.45) is 0 Å². The molecule has 5 nitrogen and oxygen atoms in total. The molecule has 1 aliphatic heterocycles. The van der Waals surface area contributed by atoms with Crippen LogP contribution in [0.5, 0.6) is 5.75 Å². The van der Waals surface area contributed by atoms with E-state index in [1.807, 2.05) is 0 Å². The smallest absolute Gasteiger partial charge is 0.278 e. The number of hydrogen-bond donors (Lipinski definition) is 2. The number of nitrogens with one attached hydrogen (secondary N) is 2. The van der Waals surface area contributed by atoms with E-state index in [2.05, 4.69) is 10.6 Å². The molecule has 0 saturated heterocycles. The fraction of sp³-hybridized carbons (Fsp3) is 0.176. The standard InChI is InChI=1S/C17H14ClFN2O3/c1-17(15(22)20-9-10-2-5-12(19)6-3-10)16(23)21-13-8-11(18)4-7-14(13)24-17/h2-8H,9H2,1H3,(H,20,22)(H,21,23)/t17-/m0/s1. The number of halogens is 2. The van der Waals surface area contributed by atoms with Gasteiger partial charge in [-0.15, -0.1) is 0 Å². The van der Waals surface area contributed by atoms with Gasteiger partial charge in [-0.05, 0) is 42.8 Å². The normalized spacial score (nSPS) is 19.0. The third-order valence-electron chi connectivity index (χ3n) is 3.74. The van der Waals surface area contributed by atoms with Crippen molar-refractivity contribution in [2.45, 2.75) is 19.1 Å². The summed E-state index contributed by atoms with van der Waals surface area (Å²) < 4.78 is 18.5. The zero-order chi connectivity index (χ0) is 17.3. The molecule has 1 heterocycles.